The number of rotatable bonds is 3. The topological polar surface area (TPSA) is 51.9 Å². The molecule has 0 fully saturated rings. The summed E-state index contributed by atoms with van der Waals surface area (Å²) in [6, 6.07) is 2.14. The van der Waals surface area contributed by atoms with Crippen LogP contribution in [0.2, 0.25) is 0 Å². The van der Waals surface area contributed by atoms with Crippen LogP contribution in [0.15, 0.2) is 37.1 Å². The highest BCUT2D eigenvalue weighted by Crippen LogP contribution is 2.13. The predicted octanol–water partition coefficient (Wildman–Crippen LogP) is 0.976. The zero-order chi connectivity index (χ0) is 13.2. The Hall–Kier alpha value is -2.30. The fourth-order valence-corrected chi connectivity index (χ4v) is 2.38. The first-order valence-electron chi connectivity index (χ1n) is 6.30. The monoisotopic (exact) mass is 256 g/mol. The SMILES string of the molecule is Cn1ccc(/C=C/C(=O)NC2Cc3cncn3C2)c1. The lowest BCUT2D eigenvalue weighted by Gasteiger charge is -2.09. The summed E-state index contributed by atoms with van der Waals surface area (Å²) >= 11 is 0. The molecule has 3 rings (SSSR count). The molecule has 0 bridgehead atoms. The Morgan fingerprint density at radius 3 is 3.21 bits per heavy atom. The average Bonchev–Trinajstić information content (AvgIpc) is 3.02. The van der Waals surface area contributed by atoms with E-state index < -0.39 is 0 Å². The van der Waals surface area contributed by atoms with Crippen LogP contribution in [0, 0.1) is 0 Å². The molecule has 0 saturated heterocycles. The van der Waals surface area contributed by atoms with Gasteiger partial charge < -0.3 is 14.5 Å². The molecule has 19 heavy (non-hydrogen) atoms. The predicted molar refractivity (Wildman–Crippen MR) is 72.3 cm³/mol. The zero-order valence-electron chi connectivity index (χ0n) is 10.8. The van der Waals surface area contributed by atoms with E-state index >= 15 is 0 Å². The first-order chi connectivity index (χ1) is 9.20. The van der Waals surface area contributed by atoms with Crippen LogP contribution in [0.25, 0.3) is 6.08 Å². The first kappa shape index (κ1) is 11.8. The van der Waals surface area contributed by atoms with E-state index in [0.29, 0.717) is 0 Å². The zero-order valence-corrected chi connectivity index (χ0v) is 10.8. The molecule has 2 aromatic heterocycles. The molecule has 5 nitrogen and oxygen atoms in total. The van der Waals surface area contributed by atoms with Gasteiger partial charge in [-0.1, -0.05) is 0 Å². The van der Waals surface area contributed by atoms with Crippen LogP contribution in [0.3, 0.4) is 0 Å². The molecule has 0 spiro atoms. The lowest BCUT2D eigenvalue weighted by Crippen LogP contribution is -2.34. The highest BCUT2D eigenvalue weighted by atomic mass is 16.1. The van der Waals surface area contributed by atoms with Crippen molar-refractivity contribution in [1.82, 2.24) is 19.4 Å². The molecule has 2 aromatic rings. The van der Waals surface area contributed by atoms with Crippen LogP contribution in [0.1, 0.15) is 11.3 Å². The second-order valence-electron chi connectivity index (χ2n) is 4.89. The van der Waals surface area contributed by atoms with E-state index in [-0.39, 0.29) is 11.9 Å². The molecule has 5 heteroatoms. The van der Waals surface area contributed by atoms with Gasteiger partial charge in [0.25, 0.3) is 0 Å². The third-order valence-electron chi connectivity index (χ3n) is 3.30. The Balaban J connectivity index is 1.55. The van der Waals surface area contributed by atoms with Crippen LogP contribution in [0.5, 0.6) is 0 Å². The Kier molecular flexibility index (Phi) is 2.95. The molecule has 0 aliphatic carbocycles. The average molecular weight is 256 g/mol. The molecule has 3 heterocycles. The normalized spacial score (nSPS) is 17.8. The number of fused-ring (bicyclic) bond motifs is 1. The molecule has 0 saturated carbocycles. The van der Waals surface area contributed by atoms with Gasteiger partial charge >= 0.3 is 0 Å². The second-order valence-corrected chi connectivity index (χ2v) is 4.89. The molecular formula is C14H16N4O. The molecule has 98 valence electrons. The molecule has 1 atom stereocenters. The maximum absolute atomic E-state index is 11.8. The molecule has 1 unspecified atom stereocenters. The van der Waals surface area contributed by atoms with Crippen molar-refractivity contribution >= 4 is 12.0 Å². The fourth-order valence-electron chi connectivity index (χ4n) is 2.38. The Bertz CT molecular complexity index is 602. The molecule has 0 radical (unpaired) electrons. The molecule has 1 N–H and O–H groups in total. The minimum absolute atomic E-state index is 0.0486. The maximum atomic E-state index is 11.8. The summed E-state index contributed by atoms with van der Waals surface area (Å²) < 4.78 is 4.03. The van der Waals surface area contributed by atoms with Crippen molar-refractivity contribution in [3.63, 3.8) is 0 Å². The van der Waals surface area contributed by atoms with Gasteiger partial charge in [0, 0.05) is 50.4 Å². The Morgan fingerprint density at radius 1 is 1.58 bits per heavy atom. The Labute approximate surface area is 111 Å². The molecule has 1 aliphatic rings. The van der Waals surface area contributed by atoms with Crippen LogP contribution in [0.4, 0.5) is 0 Å². The number of aromatic nitrogens is 3. The van der Waals surface area contributed by atoms with Gasteiger partial charge in [-0.25, -0.2) is 4.98 Å². The van der Waals surface area contributed by atoms with Crippen LogP contribution >= 0.6 is 0 Å². The number of amides is 1. The van der Waals surface area contributed by atoms with Crippen molar-refractivity contribution in [2.75, 3.05) is 0 Å². The van der Waals surface area contributed by atoms with Crippen molar-refractivity contribution in [2.45, 2.75) is 19.0 Å². The van der Waals surface area contributed by atoms with E-state index in [1.54, 1.807) is 12.4 Å². The molecule has 0 aromatic carbocycles. The largest absolute Gasteiger partial charge is 0.357 e. The molecular weight excluding hydrogens is 240 g/mol. The summed E-state index contributed by atoms with van der Waals surface area (Å²) in [6.45, 7) is 0.806. The van der Waals surface area contributed by atoms with Crippen molar-refractivity contribution in [3.8, 4) is 0 Å². The van der Waals surface area contributed by atoms with Gasteiger partial charge in [-0.15, -0.1) is 0 Å². The van der Waals surface area contributed by atoms with E-state index in [1.807, 2.05) is 42.3 Å². The third-order valence-corrected chi connectivity index (χ3v) is 3.30. The number of carbonyl (C=O) groups is 1. The van der Waals surface area contributed by atoms with Crippen molar-refractivity contribution in [2.24, 2.45) is 7.05 Å². The van der Waals surface area contributed by atoms with Gasteiger partial charge in [0.2, 0.25) is 5.91 Å². The van der Waals surface area contributed by atoms with Crippen LogP contribution in [-0.4, -0.2) is 26.1 Å². The third kappa shape index (κ3) is 2.59. The van der Waals surface area contributed by atoms with Gasteiger partial charge in [0.1, 0.15) is 0 Å². The lowest BCUT2D eigenvalue weighted by atomic mass is 10.2. The number of aryl methyl sites for hydroxylation is 1. The van der Waals surface area contributed by atoms with E-state index in [9.17, 15) is 4.79 Å². The van der Waals surface area contributed by atoms with Gasteiger partial charge in [-0.3, -0.25) is 4.79 Å². The van der Waals surface area contributed by atoms with Crippen LogP contribution < -0.4 is 5.32 Å². The molecule has 1 amide bonds. The minimum Gasteiger partial charge on any atom is -0.357 e. The smallest absolute Gasteiger partial charge is 0.244 e. The van der Waals surface area contributed by atoms with Gasteiger partial charge in [-0.2, -0.15) is 0 Å². The van der Waals surface area contributed by atoms with E-state index in [4.69, 9.17) is 0 Å². The summed E-state index contributed by atoms with van der Waals surface area (Å²) in [5.41, 5.74) is 2.21. The summed E-state index contributed by atoms with van der Waals surface area (Å²) in [5, 5.41) is 3.01. The maximum Gasteiger partial charge on any atom is 0.244 e. The summed E-state index contributed by atoms with van der Waals surface area (Å²) in [4.78, 5) is 15.9. The summed E-state index contributed by atoms with van der Waals surface area (Å²) in [7, 11) is 1.96. The number of hydrogen-bond acceptors (Lipinski definition) is 2. The fraction of sp³-hybridized carbons (Fsp3) is 0.286. The van der Waals surface area contributed by atoms with Crippen LogP contribution in [-0.2, 0) is 24.8 Å². The Morgan fingerprint density at radius 2 is 2.47 bits per heavy atom. The standard InChI is InChI=1S/C14H16N4O/c1-17-5-4-11(8-17)2-3-14(19)16-12-6-13-7-15-10-18(13)9-12/h2-5,7-8,10,12H,6,9H2,1H3,(H,16,19)/b3-2+. The number of carbonyl (C=O) groups excluding carboxylic acids is 1. The van der Waals surface area contributed by atoms with Gasteiger partial charge in [0.15, 0.2) is 0 Å². The number of nitrogens with one attached hydrogen (secondary N) is 1. The summed E-state index contributed by atoms with van der Waals surface area (Å²) in [5.74, 6) is -0.0486. The highest BCUT2D eigenvalue weighted by molar-refractivity contribution is 5.91. The quantitative estimate of drug-likeness (QED) is 0.832. The van der Waals surface area contributed by atoms with Gasteiger partial charge in [-0.05, 0) is 17.7 Å². The van der Waals surface area contributed by atoms with E-state index in [2.05, 4.69) is 14.9 Å². The summed E-state index contributed by atoms with van der Waals surface area (Å²) in [6.07, 6.45) is 11.8. The lowest BCUT2D eigenvalue weighted by molar-refractivity contribution is -0.117. The first-order valence-corrected chi connectivity index (χ1v) is 6.30. The minimum atomic E-state index is -0.0486. The number of hydrogen-bond donors (Lipinski definition) is 1. The number of imidazole rings is 1. The van der Waals surface area contributed by atoms with E-state index in [1.165, 1.54) is 5.69 Å². The van der Waals surface area contributed by atoms with Crippen molar-refractivity contribution in [1.29, 1.82) is 0 Å². The van der Waals surface area contributed by atoms with Crippen molar-refractivity contribution < 1.29 is 4.79 Å². The van der Waals surface area contributed by atoms with Crippen molar-refractivity contribution in [3.05, 3.63) is 48.3 Å². The molecule has 1 aliphatic heterocycles. The van der Waals surface area contributed by atoms with E-state index in [0.717, 1.165) is 18.5 Å². The highest BCUT2D eigenvalue weighted by Gasteiger charge is 2.21. The number of nitrogens with zero attached hydrogens (tertiary/aromatic N) is 3. The van der Waals surface area contributed by atoms with Gasteiger partial charge in [0.05, 0.1) is 12.4 Å². The second kappa shape index (κ2) is 4.76.